The van der Waals surface area contributed by atoms with Crippen LogP contribution in [-0.4, -0.2) is 45.1 Å². The highest BCUT2D eigenvalue weighted by molar-refractivity contribution is 9.10. The van der Waals surface area contributed by atoms with E-state index < -0.39 is 10.0 Å². The van der Waals surface area contributed by atoms with E-state index in [4.69, 9.17) is 22.1 Å². The zero-order valence-corrected chi connectivity index (χ0v) is 16.0. The lowest BCUT2D eigenvalue weighted by molar-refractivity contribution is 0.0401. The first-order chi connectivity index (χ1) is 9.91. The molecule has 0 spiro atoms. The summed E-state index contributed by atoms with van der Waals surface area (Å²) in [4.78, 5) is 0.104. The molecule has 0 amide bonds. The standard InChI is InChI=1S/C13H18BrClN2O3S.ClH/c1-20-10-5-6-17(9(7-10)8-16)21(18,19)12-4-2-3-11(14)13(12)15;/h2-4,9-10H,5-8,16H2,1H3;1H. The van der Waals surface area contributed by atoms with Crippen molar-refractivity contribution in [1.82, 2.24) is 4.31 Å². The predicted octanol–water partition coefficient (Wildman–Crippen LogP) is 2.65. The highest BCUT2D eigenvalue weighted by atomic mass is 79.9. The van der Waals surface area contributed by atoms with Crippen LogP contribution in [0.4, 0.5) is 0 Å². The Bertz CT molecular complexity index is 615. The lowest BCUT2D eigenvalue weighted by Crippen LogP contribution is -2.51. The molecule has 0 aliphatic carbocycles. The first-order valence-corrected chi connectivity index (χ1v) is 9.21. The number of ether oxygens (including phenoxy) is 1. The number of benzene rings is 1. The summed E-state index contributed by atoms with van der Waals surface area (Å²) in [6.45, 7) is 0.635. The molecule has 1 aliphatic heterocycles. The van der Waals surface area contributed by atoms with E-state index in [0.29, 0.717) is 23.9 Å². The number of nitrogens with zero attached hydrogens (tertiary/aromatic N) is 1. The fourth-order valence-corrected chi connectivity index (χ4v) is 5.21. The van der Waals surface area contributed by atoms with Gasteiger partial charge in [0.05, 0.1) is 11.1 Å². The van der Waals surface area contributed by atoms with Crippen LogP contribution < -0.4 is 5.73 Å². The Morgan fingerprint density at radius 2 is 2.18 bits per heavy atom. The zero-order valence-electron chi connectivity index (χ0n) is 12.0. The molecule has 0 saturated carbocycles. The highest BCUT2D eigenvalue weighted by Crippen LogP contribution is 2.33. The lowest BCUT2D eigenvalue weighted by Gasteiger charge is -2.37. The van der Waals surface area contributed by atoms with Gasteiger partial charge in [0.25, 0.3) is 0 Å². The molecule has 126 valence electrons. The van der Waals surface area contributed by atoms with Gasteiger partial charge in [-0.2, -0.15) is 4.31 Å². The number of rotatable bonds is 4. The van der Waals surface area contributed by atoms with Gasteiger partial charge in [0, 0.05) is 30.7 Å². The van der Waals surface area contributed by atoms with Crippen LogP contribution >= 0.6 is 39.9 Å². The van der Waals surface area contributed by atoms with Crippen LogP contribution in [0.1, 0.15) is 12.8 Å². The third-order valence-electron chi connectivity index (χ3n) is 3.72. The van der Waals surface area contributed by atoms with Gasteiger partial charge < -0.3 is 10.5 Å². The molecular weight excluding hydrogens is 415 g/mol. The minimum Gasteiger partial charge on any atom is -0.381 e. The van der Waals surface area contributed by atoms with E-state index in [-0.39, 0.29) is 41.0 Å². The van der Waals surface area contributed by atoms with Gasteiger partial charge in [-0.25, -0.2) is 8.42 Å². The molecule has 2 rings (SSSR count). The smallest absolute Gasteiger partial charge is 0.244 e. The van der Waals surface area contributed by atoms with Crippen molar-refractivity contribution in [3.63, 3.8) is 0 Å². The maximum atomic E-state index is 12.8. The summed E-state index contributed by atoms with van der Waals surface area (Å²) in [5.74, 6) is 0. The largest absolute Gasteiger partial charge is 0.381 e. The molecule has 1 heterocycles. The summed E-state index contributed by atoms with van der Waals surface area (Å²) >= 11 is 9.39. The Morgan fingerprint density at radius 1 is 1.50 bits per heavy atom. The van der Waals surface area contributed by atoms with Crippen LogP contribution in [0.25, 0.3) is 0 Å². The maximum absolute atomic E-state index is 12.8. The fraction of sp³-hybridized carbons (Fsp3) is 0.538. The Balaban J connectivity index is 0.00000242. The second kappa shape index (κ2) is 8.28. The summed E-state index contributed by atoms with van der Waals surface area (Å²) in [5, 5.41) is 0.196. The molecule has 1 aliphatic rings. The van der Waals surface area contributed by atoms with Gasteiger partial charge in [-0.1, -0.05) is 17.7 Å². The number of sulfonamides is 1. The van der Waals surface area contributed by atoms with Crippen molar-refractivity contribution in [2.24, 2.45) is 5.73 Å². The van der Waals surface area contributed by atoms with E-state index >= 15 is 0 Å². The fourth-order valence-electron chi connectivity index (χ4n) is 2.55. The molecule has 2 N–H and O–H groups in total. The Labute approximate surface area is 150 Å². The summed E-state index contributed by atoms with van der Waals surface area (Å²) in [7, 11) is -2.04. The van der Waals surface area contributed by atoms with Gasteiger partial charge in [0.2, 0.25) is 10.0 Å². The van der Waals surface area contributed by atoms with E-state index in [1.165, 1.54) is 10.4 Å². The van der Waals surface area contributed by atoms with E-state index in [1.807, 2.05) is 0 Å². The van der Waals surface area contributed by atoms with Crippen molar-refractivity contribution < 1.29 is 13.2 Å². The van der Waals surface area contributed by atoms with E-state index in [2.05, 4.69) is 15.9 Å². The molecule has 5 nitrogen and oxygen atoms in total. The van der Waals surface area contributed by atoms with Crippen molar-refractivity contribution in [3.8, 4) is 0 Å². The molecule has 0 radical (unpaired) electrons. The summed E-state index contributed by atoms with van der Waals surface area (Å²) in [5.41, 5.74) is 5.75. The first-order valence-electron chi connectivity index (χ1n) is 6.60. The predicted molar refractivity (Wildman–Crippen MR) is 93.2 cm³/mol. The van der Waals surface area contributed by atoms with Gasteiger partial charge in [-0.3, -0.25) is 0 Å². The highest BCUT2D eigenvalue weighted by Gasteiger charge is 2.37. The molecule has 2 unspecified atom stereocenters. The second-order valence-corrected chi connectivity index (χ2v) is 8.03. The SMILES string of the molecule is COC1CCN(S(=O)(=O)c2cccc(Br)c2Cl)C(CN)C1.Cl. The van der Waals surface area contributed by atoms with E-state index in [9.17, 15) is 8.42 Å². The van der Waals surface area contributed by atoms with Crippen LogP contribution in [0.3, 0.4) is 0 Å². The van der Waals surface area contributed by atoms with Crippen LogP contribution in [0.5, 0.6) is 0 Å². The Hall–Kier alpha value is 0.110. The summed E-state index contributed by atoms with van der Waals surface area (Å²) in [6.07, 6.45) is 1.29. The van der Waals surface area contributed by atoms with E-state index in [1.54, 1.807) is 19.2 Å². The normalized spacial score (nSPS) is 23.1. The number of halogens is 3. The summed E-state index contributed by atoms with van der Waals surface area (Å²) < 4.78 is 33.0. The van der Waals surface area contributed by atoms with Crippen molar-refractivity contribution in [2.75, 3.05) is 20.2 Å². The maximum Gasteiger partial charge on any atom is 0.244 e. The van der Waals surface area contributed by atoms with Gasteiger partial charge in [-0.15, -0.1) is 12.4 Å². The van der Waals surface area contributed by atoms with Gasteiger partial charge in [-0.05, 0) is 40.9 Å². The number of piperidine rings is 1. The van der Waals surface area contributed by atoms with Gasteiger partial charge >= 0.3 is 0 Å². The van der Waals surface area contributed by atoms with E-state index in [0.717, 1.165) is 0 Å². The molecule has 1 fully saturated rings. The van der Waals surface area contributed by atoms with Crippen LogP contribution in [0, 0.1) is 0 Å². The Morgan fingerprint density at radius 3 is 2.77 bits per heavy atom. The molecule has 1 aromatic rings. The quantitative estimate of drug-likeness (QED) is 0.791. The molecule has 1 saturated heterocycles. The molecule has 2 atom stereocenters. The molecule has 1 aromatic carbocycles. The number of nitrogens with two attached hydrogens (primary N) is 1. The topological polar surface area (TPSA) is 72.6 Å². The number of hydrogen-bond acceptors (Lipinski definition) is 4. The average Bonchev–Trinajstić information content (AvgIpc) is 2.49. The van der Waals surface area contributed by atoms with Crippen molar-refractivity contribution >= 4 is 50.0 Å². The molecule has 0 bridgehead atoms. The monoisotopic (exact) mass is 432 g/mol. The third kappa shape index (κ3) is 3.95. The number of hydrogen-bond donors (Lipinski definition) is 1. The zero-order chi connectivity index (χ0) is 15.6. The average molecular weight is 434 g/mol. The number of methoxy groups -OCH3 is 1. The molecule has 0 aromatic heterocycles. The first kappa shape index (κ1) is 20.2. The van der Waals surface area contributed by atoms with Crippen LogP contribution in [0.2, 0.25) is 5.02 Å². The van der Waals surface area contributed by atoms with Crippen LogP contribution in [0.15, 0.2) is 27.6 Å². The Kier molecular flexibility index (Phi) is 7.59. The third-order valence-corrected chi connectivity index (χ3v) is 7.12. The molecule has 22 heavy (non-hydrogen) atoms. The van der Waals surface area contributed by atoms with Gasteiger partial charge in [0.1, 0.15) is 4.90 Å². The van der Waals surface area contributed by atoms with Gasteiger partial charge in [0.15, 0.2) is 0 Å². The molecular formula is C13H19BrCl2N2O3S. The van der Waals surface area contributed by atoms with Crippen molar-refractivity contribution in [1.29, 1.82) is 0 Å². The minimum atomic E-state index is -3.67. The summed E-state index contributed by atoms with van der Waals surface area (Å²) in [6, 6.07) is 4.60. The van der Waals surface area contributed by atoms with Crippen LogP contribution in [-0.2, 0) is 14.8 Å². The van der Waals surface area contributed by atoms with Crippen molar-refractivity contribution in [3.05, 3.63) is 27.7 Å². The minimum absolute atomic E-state index is 0. The lowest BCUT2D eigenvalue weighted by atomic mass is 10.0. The van der Waals surface area contributed by atoms with Crippen molar-refractivity contribution in [2.45, 2.75) is 29.9 Å². The molecule has 9 heteroatoms. The second-order valence-electron chi connectivity index (χ2n) is 4.94.